The van der Waals surface area contributed by atoms with Crippen molar-refractivity contribution in [1.29, 1.82) is 0 Å². The van der Waals surface area contributed by atoms with Crippen LogP contribution in [0, 0.1) is 0 Å². The van der Waals surface area contributed by atoms with Crippen molar-refractivity contribution >= 4 is 40.2 Å². The van der Waals surface area contributed by atoms with Crippen LogP contribution < -0.4 is 4.74 Å². The molecule has 2 aromatic carbocycles. The van der Waals surface area contributed by atoms with Crippen molar-refractivity contribution in [3.8, 4) is 17.4 Å². The van der Waals surface area contributed by atoms with Gasteiger partial charge in [0.2, 0.25) is 5.95 Å². The van der Waals surface area contributed by atoms with Crippen LogP contribution in [0.1, 0.15) is 10.4 Å². The molecule has 0 atom stereocenters. The molecule has 0 saturated carbocycles. The first-order valence-corrected chi connectivity index (χ1v) is 8.16. The predicted octanol–water partition coefficient (Wildman–Crippen LogP) is 4.55. The lowest BCUT2D eigenvalue weighted by Crippen LogP contribution is -1.97. The SMILES string of the molecule is O=C(O)c1cnn(-c2nc3cc(Oc4ccc(Cl)cc4)c(Cl)cc3[nH]2)c1. The third-order valence-electron chi connectivity index (χ3n) is 3.61. The maximum Gasteiger partial charge on any atom is 0.338 e. The van der Waals surface area contributed by atoms with Crippen molar-refractivity contribution in [2.75, 3.05) is 0 Å². The topological polar surface area (TPSA) is 93.0 Å². The van der Waals surface area contributed by atoms with Gasteiger partial charge in [-0.2, -0.15) is 5.10 Å². The summed E-state index contributed by atoms with van der Waals surface area (Å²) in [5, 5.41) is 14.0. The molecule has 2 N–H and O–H groups in total. The summed E-state index contributed by atoms with van der Waals surface area (Å²) in [7, 11) is 0. The highest BCUT2D eigenvalue weighted by atomic mass is 35.5. The zero-order valence-electron chi connectivity index (χ0n) is 13.0. The molecule has 130 valence electrons. The van der Waals surface area contributed by atoms with E-state index in [2.05, 4.69) is 15.1 Å². The summed E-state index contributed by atoms with van der Waals surface area (Å²) in [6, 6.07) is 10.3. The van der Waals surface area contributed by atoms with E-state index in [1.54, 1.807) is 36.4 Å². The third-order valence-corrected chi connectivity index (χ3v) is 4.16. The molecule has 0 bridgehead atoms. The number of aromatic carboxylic acids is 1. The Balaban J connectivity index is 1.69. The van der Waals surface area contributed by atoms with Crippen LogP contribution in [0.5, 0.6) is 11.5 Å². The molecule has 4 rings (SSSR count). The van der Waals surface area contributed by atoms with Crippen molar-refractivity contribution in [1.82, 2.24) is 19.7 Å². The highest BCUT2D eigenvalue weighted by molar-refractivity contribution is 6.32. The van der Waals surface area contributed by atoms with Gasteiger partial charge in [-0.3, -0.25) is 0 Å². The molecule has 7 nitrogen and oxygen atoms in total. The maximum atomic E-state index is 11.0. The molecule has 0 aliphatic heterocycles. The summed E-state index contributed by atoms with van der Waals surface area (Å²) in [6.45, 7) is 0. The fourth-order valence-corrected chi connectivity index (χ4v) is 2.69. The van der Waals surface area contributed by atoms with Crippen molar-refractivity contribution in [3.63, 3.8) is 0 Å². The molecular formula is C17H10Cl2N4O3. The molecule has 9 heteroatoms. The second-order valence-corrected chi connectivity index (χ2v) is 6.24. The van der Waals surface area contributed by atoms with Crippen molar-refractivity contribution < 1.29 is 14.6 Å². The molecule has 26 heavy (non-hydrogen) atoms. The number of aromatic amines is 1. The number of fused-ring (bicyclic) bond motifs is 1. The van der Waals surface area contributed by atoms with Gasteiger partial charge >= 0.3 is 5.97 Å². The lowest BCUT2D eigenvalue weighted by Gasteiger charge is -2.07. The number of nitrogens with zero attached hydrogens (tertiary/aromatic N) is 3. The molecule has 0 aliphatic rings. The second-order valence-electron chi connectivity index (χ2n) is 5.39. The Morgan fingerprint density at radius 2 is 1.96 bits per heavy atom. The smallest absolute Gasteiger partial charge is 0.338 e. The Hall–Kier alpha value is -3.03. The zero-order valence-corrected chi connectivity index (χ0v) is 14.5. The number of rotatable bonds is 4. The molecule has 2 aromatic heterocycles. The first-order valence-electron chi connectivity index (χ1n) is 7.40. The molecule has 0 radical (unpaired) electrons. The van der Waals surface area contributed by atoms with E-state index in [1.165, 1.54) is 17.1 Å². The zero-order chi connectivity index (χ0) is 18.3. The van der Waals surface area contributed by atoms with Gasteiger partial charge in [0.1, 0.15) is 11.5 Å². The number of ether oxygens (including phenoxy) is 1. The van der Waals surface area contributed by atoms with E-state index < -0.39 is 5.97 Å². The van der Waals surface area contributed by atoms with Crippen LogP contribution in [-0.4, -0.2) is 30.8 Å². The lowest BCUT2D eigenvalue weighted by molar-refractivity contribution is 0.0697. The minimum Gasteiger partial charge on any atom is -0.478 e. The van der Waals surface area contributed by atoms with Gasteiger partial charge in [-0.25, -0.2) is 14.5 Å². The Labute approximate surface area is 156 Å². The van der Waals surface area contributed by atoms with E-state index in [0.29, 0.717) is 38.5 Å². The monoisotopic (exact) mass is 388 g/mol. The maximum absolute atomic E-state index is 11.0. The number of aromatic nitrogens is 4. The van der Waals surface area contributed by atoms with Crippen molar-refractivity contribution in [3.05, 3.63) is 64.4 Å². The van der Waals surface area contributed by atoms with Gasteiger partial charge in [0.15, 0.2) is 0 Å². The first kappa shape index (κ1) is 16.4. The number of carboxylic acids is 1. The normalized spacial score (nSPS) is 11.0. The van der Waals surface area contributed by atoms with Gasteiger partial charge in [0.05, 0.1) is 27.8 Å². The number of H-pyrrole nitrogens is 1. The van der Waals surface area contributed by atoms with E-state index in [4.69, 9.17) is 33.0 Å². The fraction of sp³-hybridized carbons (Fsp3) is 0. The summed E-state index contributed by atoms with van der Waals surface area (Å²) >= 11 is 12.2. The first-order chi connectivity index (χ1) is 12.5. The van der Waals surface area contributed by atoms with Crippen LogP contribution in [0.3, 0.4) is 0 Å². The van der Waals surface area contributed by atoms with Gasteiger partial charge in [-0.15, -0.1) is 0 Å². The molecule has 4 aromatic rings. The Bertz CT molecular complexity index is 1120. The number of hydrogen-bond donors (Lipinski definition) is 2. The van der Waals surface area contributed by atoms with Gasteiger partial charge in [0.25, 0.3) is 0 Å². The average molecular weight is 389 g/mol. The highest BCUT2D eigenvalue weighted by Gasteiger charge is 2.13. The lowest BCUT2D eigenvalue weighted by atomic mass is 10.3. The van der Waals surface area contributed by atoms with Crippen LogP contribution in [0.4, 0.5) is 0 Å². The minimum absolute atomic E-state index is 0.0650. The summed E-state index contributed by atoms with van der Waals surface area (Å²) in [5.41, 5.74) is 1.33. The van der Waals surface area contributed by atoms with Crippen LogP contribution in [0.2, 0.25) is 10.0 Å². The van der Waals surface area contributed by atoms with E-state index >= 15 is 0 Å². The number of carboxylic acid groups (broad SMARTS) is 1. The Kier molecular flexibility index (Phi) is 4.02. The number of nitrogens with one attached hydrogen (secondary N) is 1. The van der Waals surface area contributed by atoms with Gasteiger partial charge in [0, 0.05) is 17.3 Å². The summed E-state index contributed by atoms with van der Waals surface area (Å²) in [4.78, 5) is 18.4. The second kappa shape index (κ2) is 6.36. The Morgan fingerprint density at radius 3 is 2.65 bits per heavy atom. The van der Waals surface area contributed by atoms with Crippen molar-refractivity contribution in [2.24, 2.45) is 0 Å². The number of carbonyl (C=O) groups is 1. The molecule has 2 heterocycles. The van der Waals surface area contributed by atoms with Crippen LogP contribution >= 0.6 is 23.2 Å². The summed E-state index contributed by atoms with van der Waals surface area (Å²) in [5.74, 6) is 0.331. The summed E-state index contributed by atoms with van der Waals surface area (Å²) in [6.07, 6.45) is 2.62. The van der Waals surface area contributed by atoms with Crippen molar-refractivity contribution in [2.45, 2.75) is 0 Å². The number of benzene rings is 2. The van der Waals surface area contributed by atoms with Crippen LogP contribution in [0.25, 0.3) is 17.0 Å². The highest BCUT2D eigenvalue weighted by Crippen LogP contribution is 2.33. The molecule has 0 spiro atoms. The van der Waals surface area contributed by atoms with Gasteiger partial charge in [-0.1, -0.05) is 23.2 Å². The molecule has 0 aliphatic carbocycles. The van der Waals surface area contributed by atoms with Crippen LogP contribution in [-0.2, 0) is 0 Å². The minimum atomic E-state index is -1.06. The largest absolute Gasteiger partial charge is 0.478 e. The van der Waals surface area contributed by atoms with Gasteiger partial charge < -0.3 is 14.8 Å². The Morgan fingerprint density at radius 1 is 1.19 bits per heavy atom. The molecular weight excluding hydrogens is 379 g/mol. The van der Waals surface area contributed by atoms with E-state index in [1.807, 2.05) is 0 Å². The standard InChI is InChI=1S/C17H10Cl2N4O3/c18-10-1-3-11(4-2-10)26-15-6-14-13(5-12(15)19)21-17(22-14)23-8-9(7-20-23)16(24)25/h1-8H,(H,21,22)(H,24,25). The molecule has 0 amide bonds. The average Bonchev–Trinajstić information content (AvgIpc) is 3.24. The third kappa shape index (κ3) is 3.10. The van der Waals surface area contributed by atoms with Gasteiger partial charge in [-0.05, 0) is 30.3 Å². The van der Waals surface area contributed by atoms with Crippen LogP contribution in [0.15, 0.2) is 48.8 Å². The van der Waals surface area contributed by atoms with E-state index in [-0.39, 0.29) is 5.56 Å². The molecule has 0 unspecified atom stereocenters. The quantitative estimate of drug-likeness (QED) is 0.534. The summed E-state index contributed by atoms with van der Waals surface area (Å²) < 4.78 is 7.12. The van der Waals surface area contributed by atoms with E-state index in [9.17, 15) is 4.79 Å². The number of imidazole rings is 1. The number of halogens is 2. The van der Waals surface area contributed by atoms with E-state index in [0.717, 1.165) is 0 Å². The predicted molar refractivity (Wildman–Crippen MR) is 96.7 cm³/mol. The fourth-order valence-electron chi connectivity index (χ4n) is 2.36. The number of hydrogen-bond acceptors (Lipinski definition) is 4. The molecule has 0 fully saturated rings. The molecule has 0 saturated heterocycles.